The van der Waals surface area contributed by atoms with E-state index in [1.807, 2.05) is 23.6 Å². The Balaban J connectivity index is 1.59. The first-order valence-corrected chi connectivity index (χ1v) is 9.38. The largest absolute Gasteiger partial charge is 0.354 e. The number of nitriles is 1. The van der Waals surface area contributed by atoms with Crippen molar-refractivity contribution in [1.29, 1.82) is 5.26 Å². The fourth-order valence-electron chi connectivity index (χ4n) is 1.92. The summed E-state index contributed by atoms with van der Waals surface area (Å²) in [5.41, 5.74) is 1.69. The summed E-state index contributed by atoms with van der Waals surface area (Å²) in [5.74, 6) is 1.03. The summed E-state index contributed by atoms with van der Waals surface area (Å²) in [4.78, 5) is 24.0. The number of carbonyl (C=O) groups is 2. The van der Waals surface area contributed by atoms with Crippen molar-refractivity contribution in [2.45, 2.75) is 5.75 Å². The Morgan fingerprint density at radius 2 is 2.00 bits per heavy atom. The second kappa shape index (κ2) is 9.75. The van der Waals surface area contributed by atoms with Crippen LogP contribution in [0.25, 0.3) is 0 Å². The van der Waals surface area contributed by atoms with E-state index in [9.17, 15) is 9.59 Å². The van der Waals surface area contributed by atoms with Crippen LogP contribution in [0.1, 0.15) is 20.8 Å². The van der Waals surface area contributed by atoms with Crippen molar-refractivity contribution in [2.24, 2.45) is 0 Å². The minimum Gasteiger partial charge on any atom is -0.354 e. The van der Waals surface area contributed by atoms with Crippen molar-refractivity contribution < 1.29 is 9.59 Å². The average molecular weight is 359 g/mol. The fourth-order valence-corrected chi connectivity index (χ4v) is 3.42. The van der Waals surface area contributed by atoms with Gasteiger partial charge in [0.1, 0.15) is 0 Å². The first kappa shape index (κ1) is 18.0. The van der Waals surface area contributed by atoms with E-state index in [1.165, 1.54) is 11.3 Å². The molecule has 2 aromatic rings. The molecule has 0 aliphatic carbocycles. The minimum atomic E-state index is -0.234. The highest BCUT2D eigenvalue weighted by Gasteiger charge is 2.08. The first-order chi connectivity index (χ1) is 11.7. The second-order valence-electron chi connectivity index (χ2n) is 4.83. The lowest BCUT2D eigenvalue weighted by Gasteiger charge is -2.07. The van der Waals surface area contributed by atoms with Crippen LogP contribution < -0.4 is 10.6 Å². The molecule has 1 aromatic carbocycles. The van der Waals surface area contributed by atoms with Gasteiger partial charge in [0, 0.05) is 18.1 Å². The van der Waals surface area contributed by atoms with Gasteiger partial charge in [0.15, 0.2) is 0 Å². The van der Waals surface area contributed by atoms with Crippen molar-refractivity contribution in [1.82, 2.24) is 10.6 Å². The highest BCUT2D eigenvalue weighted by molar-refractivity contribution is 7.98. The van der Waals surface area contributed by atoms with Gasteiger partial charge in [-0.15, -0.1) is 11.3 Å². The molecule has 0 saturated heterocycles. The Labute approximate surface area is 149 Å². The smallest absolute Gasteiger partial charge is 0.261 e. The van der Waals surface area contributed by atoms with Gasteiger partial charge >= 0.3 is 0 Å². The first-order valence-electron chi connectivity index (χ1n) is 7.35. The van der Waals surface area contributed by atoms with Crippen molar-refractivity contribution in [3.8, 4) is 6.07 Å². The summed E-state index contributed by atoms with van der Waals surface area (Å²) in [6.45, 7) is 0.492. The van der Waals surface area contributed by atoms with Gasteiger partial charge in [-0.25, -0.2) is 0 Å². The van der Waals surface area contributed by atoms with Gasteiger partial charge < -0.3 is 10.6 Å². The quantitative estimate of drug-likeness (QED) is 0.709. The Morgan fingerprint density at radius 1 is 1.17 bits per heavy atom. The lowest BCUT2D eigenvalue weighted by Crippen LogP contribution is -2.37. The van der Waals surface area contributed by atoms with Gasteiger partial charge in [0.25, 0.3) is 5.91 Å². The van der Waals surface area contributed by atoms with Gasteiger partial charge in [0.2, 0.25) is 5.91 Å². The maximum Gasteiger partial charge on any atom is 0.261 e. The second-order valence-corrected chi connectivity index (χ2v) is 6.88. The van der Waals surface area contributed by atoms with Crippen LogP contribution in [-0.2, 0) is 10.5 Å². The van der Waals surface area contributed by atoms with Crippen LogP contribution in [-0.4, -0.2) is 30.7 Å². The topological polar surface area (TPSA) is 82.0 Å². The molecule has 124 valence electrons. The molecule has 0 aliphatic rings. The van der Waals surface area contributed by atoms with Crippen molar-refractivity contribution in [3.05, 3.63) is 57.8 Å². The summed E-state index contributed by atoms with van der Waals surface area (Å²) in [5, 5.41) is 16.2. The van der Waals surface area contributed by atoms with Gasteiger partial charge in [-0.05, 0) is 23.1 Å². The van der Waals surface area contributed by atoms with E-state index in [0.717, 1.165) is 17.1 Å². The van der Waals surface area contributed by atoms with E-state index in [2.05, 4.69) is 16.7 Å². The van der Waals surface area contributed by atoms with E-state index in [4.69, 9.17) is 5.26 Å². The molecule has 0 fully saturated rings. The predicted octanol–water partition coefficient (Wildman–Crippen LogP) is 2.40. The Bertz CT molecular complexity index is 724. The average Bonchev–Trinajstić information content (AvgIpc) is 3.14. The Kier molecular flexibility index (Phi) is 7.33. The number of benzene rings is 1. The molecular formula is C17H17N3O2S2. The van der Waals surface area contributed by atoms with Crippen LogP contribution in [0, 0.1) is 11.3 Å². The number of amides is 2. The number of thioether (sulfide) groups is 1. The summed E-state index contributed by atoms with van der Waals surface area (Å²) in [7, 11) is 0. The number of carbonyl (C=O) groups excluding carboxylic acids is 2. The summed E-state index contributed by atoms with van der Waals surface area (Å²) in [6, 6.07) is 13.2. The summed E-state index contributed by atoms with van der Waals surface area (Å²) >= 11 is 2.99. The van der Waals surface area contributed by atoms with Crippen LogP contribution >= 0.6 is 23.1 Å². The highest BCUT2D eigenvalue weighted by Crippen LogP contribution is 2.15. The van der Waals surface area contributed by atoms with Crippen molar-refractivity contribution in [3.63, 3.8) is 0 Å². The van der Waals surface area contributed by atoms with Gasteiger partial charge in [-0.3, -0.25) is 9.59 Å². The van der Waals surface area contributed by atoms with Crippen molar-refractivity contribution in [2.75, 3.05) is 18.8 Å². The number of rotatable bonds is 8. The Hall–Kier alpha value is -2.30. The molecule has 0 saturated carbocycles. The number of hydrogen-bond acceptors (Lipinski definition) is 5. The zero-order chi connectivity index (χ0) is 17.2. The molecule has 1 heterocycles. The third-order valence-corrected chi connectivity index (χ3v) is 4.99. The third kappa shape index (κ3) is 5.72. The van der Waals surface area contributed by atoms with Crippen molar-refractivity contribution >= 4 is 34.9 Å². The molecule has 2 amide bonds. The van der Waals surface area contributed by atoms with Gasteiger partial charge in [-0.1, -0.05) is 24.3 Å². The third-order valence-electron chi connectivity index (χ3n) is 3.12. The molecule has 24 heavy (non-hydrogen) atoms. The van der Waals surface area contributed by atoms with E-state index in [0.29, 0.717) is 17.0 Å². The molecule has 5 nitrogen and oxygen atoms in total. The lowest BCUT2D eigenvalue weighted by atomic mass is 10.1. The zero-order valence-electron chi connectivity index (χ0n) is 13.0. The predicted molar refractivity (Wildman–Crippen MR) is 97.0 cm³/mol. The molecule has 0 atom stereocenters. The molecule has 2 N–H and O–H groups in total. The zero-order valence-corrected chi connectivity index (χ0v) is 14.6. The van der Waals surface area contributed by atoms with E-state index in [1.54, 1.807) is 30.0 Å². The maximum atomic E-state index is 11.7. The van der Waals surface area contributed by atoms with Gasteiger partial charge in [-0.2, -0.15) is 17.0 Å². The van der Waals surface area contributed by atoms with Crippen LogP contribution in [0.3, 0.4) is 0 Å². The number of nitrogens with zero attached hydrogens (tertiary/aromatic N) is 1. The molecule has 0 aliphatic heterocycles. The van der Waals surface area contributed by atoms with E-state index < -0.39 is 0 Å². The SMILES string of the molecule is N#Cc1ccccc1CSCCNC(=O)CNC(=O)c1cccs1. The van der Waals surface area contributed by atoms with Crippen LogP contribution in [0.5, 0.6) is 0 Å². The molecule has 7 heteroatoms. The molecule has 1 aromatic heterocycles. The van der Waals surface area contributed by atoms with Gasteiger partial charge in [0.05, 0.1) is 23.1 Å². The summed E-state index contributed by atoms with van der Waals surface area (Å²) < 4.78 is 0. The van der Waals surface area contributed by atoms with Crippen LogP contribution in [0.15, 0.2) is 41.8 Å². The van der Waals surface area contributed by atoms with Crippen LogP contribution in [0.4, 0.5) is 0 Å². The monoisotopic (exact) mass is 359 g/mol. The van der Waals surface area contributed by atoms with E-state index in [-0.39, 0.29) is 18.4 Å². The Morgan fingerprint density at radius 3 is 2.75 bits per heavy atom. The standard InChI is InChI=1S/C17H17N3O2S2/c18-10-13-4-1-2-5-14(13)12-23-9-7-19-16(21)11-20-17(22)15-6-3-8-24-15/h1-6,8H,7,9,11-12H2,(H,19,21)(H,20,22). The lowest BCUT2D eigenvalue weighted by molar-refractivity contribution is -0.120. The molecule has 0 bridgehead atoms. The minimum absolute atomic E-state index is 0.0291. The molecule has 2 rings (SSSR count). The van der Waals surface area contributed by atoms with E-state index >= 15 is 0 Å². The maximum absolute atomic E-state index is 11.7. The molecule has 0 radical (unpaired) electrons. The molecule has 0 unspecified atom stereocenters. The number of hydrogen-bond donors (Lipinski definition) is 2. The fraction of sp³-hybridized carbons (Fsp3) is 0.235. The number of thiophene rings is 1. The molecule has 0 spiro atoms. The van der Waals surface area contributed by atoms with Crippen LogP contribution in [0.2, 0.25) is 0 Å². The number of nitrogens with one attached hydrogen (secondary N) is 2. The highest BCUT2D eigenvalue weighted by atomic mass is 32.2. The normalized spacial score (nSPS) is 9.96. The summed E-state index contributed by atoms with van der Waals surface area (Å²) in [6.07, 6.45) is 0. The molecular weight excluding hydrogens is 342 g/mol.